The van der Waals surface area contributed by atoms with Crippen molar-refractivity contribution >= 4 is 23.1 Å². The van der Waals surface area contributed by atoms with Crippen LogP contribution in [0.3, 0.4) is 0 Å². The quantitative estimate of drug-likeness (QED) is 0.137. The second-order valence-corrected chi connectivity index (χ2v) is 6.26. The van der Waals surface area contributed by atoms with Crippen LogP contribution in [0.4, 0.5) is 36.4 Å². The van der Waals surface area contributed by atoms with Gasteiger partial charge in [-0.05, 0) is 54.2 Å². The van der Waals surface area contributed by atoms with Gasteiger partial charge >= 0.3 is 6.36 Å². The van der Waals surface area contributed by atoms with Crippen LogP contribution in [-0.2, 0) is 0 Å². The molecule has 0 aliphatic rings. The maximum absolute atomic E-state index is 14.3. The van der Waals surface area contributed by atoms with Gasteiger partial charge in [0.05, 0.1) is 10.7 Å². The van der Waals surface area contributed by atoms with Crippen molar-refractivity contribution in [2.45, 2.75) is 6.36 Å². The van der Waals surface area contributed by atoms with Crippen LogP contribution >= 0.6 is 12.2 Å². The highest BCUT2D eigenvalue weighted by atomic mass is 32.1. The van der Waals surface area contributed by atoms with Gasteiger partial charge in [-0.2, -0.15) is 4.99 Å². The summed E-state index contributed by atoms with van der Waals surface area (Å²) in [6.45, 7) is 0. The molecule has 0 amide bonds. The van der Waals surface area contributed by atoms with Crippen LogP contribution < -0.4 is 4.74 Å². The molecule has 3 aromatic carbocycles. The molecule has 3 aromatic rings. The fourth-order valence-electron chi connectivity index (χ4n) is 2.62. The van der Waals surface area contributed by atoms with Gasteiger partial charge < -0.3 is 4.74 Å². The summed E-state index contributed by atoms with van der Waals surface area (Å²) in [6, 6.07) is 9.90. The molecule has 32 heavy (non-hydrogen) atoms. The molecule has 0 aliphatic heterocycles. The number of alkyl halides is 3. The molecular weight excluding hydrogens is 459 g/mol. The standard InChI is InChI=1S/C22H8F7NOS/c23-17-16(18(24)20(26)21(19(17)25)30-11-32)14-7-3-12(4-8-14)1-2-13-5-9-15(10-6-13)31-22(27,28)29/h3-10H. The van der Waals surface area contributed by atoms with Crippen LogP contribution in [0, 0.1) is 35.1 Å². The van der Waals surface area contributed by atoms with Crippen molar-refractivity contribution in [3.8, 4) is 28.7 Å². The third kappa shape index (κ3) is 5.14. The summed E-state index contributed by atoms with van der Waals surface area (Å²) < 4.78 is 96.9. The molecule has 0 aromatic heterocycles. The Labute approximate surface area is 182 Å². The average molecular weight is 467 g/mol. The van der Waals surface area contributed by atoms with Crippen molar-refractivity contribution < 1.29 is 35.5 Å². The number of halogens is 7. The lowest BCUT2D eigenvalue weighted by molar-refractivity contribution is -0.274. The van der Waals surface area contributed by atoms with E-state index in [2.05, 4.69) is 33.8 Å². The molecule has 0 heterocycles. The molecule has 3 rings (SSSR count). The molecule has 10 heteroatoms. The zero-order valence-electron chi connectivity index (χ0n) is 15.5. The number of benzene rings is 3. The van der Waals surface area contributed by atoms with Crippen molar-refractivity contribution in [1.29, 1.82) is 0 Å². The summed E-state index contributed by atoms with van der Waals surface area (Å²) >= 11 is 4.21. The summed E-state index contributed by atoms with van der Waals surface area (Å²) in [7, 11) is 0. The fraction of sp³-hybridized carbons (Fsp3) is 0.0455. The molecule has 0 saturated carbocycles. The van der Waals surface area contributed by atoms with Gasteiger partial charge in [-0.3, -0.25) is 0 Å². The highest BCUT2D eigenvalue weighted by molar-refractivity contribution is 7.78. The van der Waals surface area contributed by atoms with Crippen molar-refractivity contribution in [1.82, 2.24) is 0 Å². The summed E-state index contributed by atoms with van der Waals surface area (Å²) in [6.07, 6.45) is -4.81. The second kappa shape index (κ2) is 9.22. The van der Waals surface area contributed by atoms with Gasteiger partial charge in [0.2, 0.25) is 0 Å². The normalized spacial score (nSPS) is 10.7. The summed E-state index contributed by atoms with van der Waals surface area (Å²) in [5, 5.41) is 1.65. The van der Waals surface area contributed by atoms with Crippen molar-refractivity contribution in [2.75, 3.05) is 0 Å². The zero-order chi connectivity index (χ0) is 23.5. The molecule has 0 spiro atoms. The Morgan fingerprint density at radius 2 is 1.19 bits per heavy atom. The van der Waals surface area contributed by atoms with Crippen molar-refractivity contribution in [3.05, 3.63) is 82.9 Å². The van der Waals surface area contributed by atoms with E-state index in [4.69, 9.17) is 0 Å². The van der Waals surface area contributed by atoms with Crippen LogP contribution in [0.25, 0.3) is 11.1 Å². The fourth-order valence-corrected chi connectivity index (χ4v) is 2.71. The predicted octanol–water partition coefficient (Wildman–Crippen LogP) is 6.94. The minimum atomic E-state index is -4.81. The molecule has 0 saturated heterocycles. The highest BCUT2D eigenvalue weighted by Crippen LogP contribution is 2.35. The van der Waals surface area contributed by atoms with E-state index in [1.165, 1.54) is 36.4 Å². The molecule has 0 N–H and O–H groups in total. The minimum Gasteiger partial charge on any atom is -0.406 e. The SMILES string of the molecule is Fc1c(F)c(-c2ccc(C#Cc3ccc(OC(F)(F)F)cc3)cc2)c(F)c(F)c1N=C=S. The van der Waals surface area contributed by atoms with E-state index in [-0.39, 0.29) is 5.56 Å². The van der Waals surface area contributed by atoms with E-state index in [0.717, 1.165) is 12.1 Å². The first kappa shape index (κ1) is 23.0. The maximum Gasteiger partial charge on any atom is 0.573 e. The number of ether oxygens (including phenoxy) is 1. The molecule has 0 radical (unpaired) electrons. The number of aliphatic imine (C=N–C) groups is 1. The van der Waals surface area contributed by atoms with Gasteiger partial charge in [-0.25, -0.2) is 17.6 Å². The summed E-state index contributed by atoms with van der Waals surface area (Å²) in [5.74, 6) is -1.73. The lowest BCUT2D eigenvalue weighted by Gasteiger charge is -2.09. The molecule has 0 atom stereocenters. The van der Waals surface area contributed by atoms with Gasteiger partial charge in [0.25, 0.3) is 0 Å². The van der Waals surface area contributed by atoms with E-state index in [9.17, 15) is 30.7 Å². The van der Waals surface area contributed by atoms with Gasteiger partial charge in [0.1, 0.15) is 5.75 Å². The Kier molecular flexibility index (Phi) is 6.63. The van der Waals surface area contributed by atoms with E-state index >= 15 is 0 Å². The number of thiocarbonyl (C=S) groups is 1. The first-order chi connectivity index (χ1) is 15.1. The third-order valence-corrected chi connectivity index (χ3v) is 4.10. The topological polar surface area (TPSA) is 21.6 Å². The number of rotatable bonds is 3. The third-order valence-electron chi connectivity index (χ3n) is 4.01. The molecule has 2 nitrogen and oxygen atoms in total. The Hall–Kier alpha value is -3.67. The zero-order valence-corrected chi connectivity index (χ0v) is 16.3. The molecule has 0 aliphatic carbocycles. The Balaban J connectivity index is 1.87. The van der Waals surface area contributed by atoms with E-state index < -0.39 is 46.6 Å². The van der Waals surface area contributed by atoms with Crippen LogP contribution in [0.1, 0.15) is 11.1 Å². The Morgan fingerprint density at radius 3 is 1.62 bits per heavy atom. The van der Waals surface area contributed by atoms with E-state index in [1.54, 1.807) is 5.16 Å². The van der Waals surface area contributed by atoms with E-state index in [1.807, 2.05) is 0 Å². The molecule has 0 bridgehead atoms. The van der Waals surface area contributed by atoms with Gasteiger partial charge in [-0.15, -0.1) is 13.2 Å². The summed E-state index contributed by atoms with van der Waals surface area (Å²) in [5.41, 5.74) is -1.56. The van der Waals surface area contributed by atoms with E-state index in [0.29, 0.717) is 11.1 Å². The molecule has 162 valence electrons. The molecule has 0 fully saturated rings. The van der Waals surface area contributed by atoms with Gasteiger partial charge in [-0.1, -0.05) is 24.0 Å². The summed E-state index contributed by atoms with van der Waals surface area (Å²) in [4.78, 5) is 3.01. The lowest BCUT2D eigenvalue weighted by atomic mass is 10.0. The lowest BCUT2D eigenvalue weighted by Crippen LogP contribution is -2.16. The van der Waals surface area contributed by atoms with Crippen LogP contribution in [0.5, 0.6) is 5.75 Å². The molecular formula is C22H8F7NOS. The van der Waals surface area contributed by atoms with Crippen molar-refractivity contribution in [2.24, 2.45) is 4.99 Å². The average Bonchev–Trinajstić information content (AvgIpc) is 2.75. The second-order valence-electron chi connectivity index (χ2n) is 6.08. The smallest absolute Gasteiger partial charge is 0.406 e. The number of hydrogen-bond acceptors (Lipinski definition) is 3. The first-order valence-electron chi connectivity index (χ1n) is 8.53. The first-order valence-corrected chi connectivity index (χ1v) is 8.93. The van der Waals surface area contributed by atoms with Crippen molar-refractivity contribution in [3.63, 3.8) is 0 Å². The number of hydrogen-bond donors (Lipinski definition) is 0. The van der Waals surface area contributed by atoms with Gasteiger partial charge in [0.15, 0.2) is 29.0 Å². The maximum atomic E-state index is 14.3. The minimum absolute atomic E-state index is 0.158. The predicted molar refractivity (Wildman–Crippen MR) is 106 cm³/mol. The Morgan fingerprint density at radius 1 is 0.719 bits per heavy atom. The monoisotopic (exact) mass is 467 g/mol. The van der Waals surface area contributed by atoms with Crippen LogP contribution in [0.15, 0.2) is 53.5 Å². The number of isothiocyanates is 1. The van der Waals surface area contributed by atoms with Crippen LogP contribution in [0.2, 0.25) is 0 Å². The largest absolute Gasteiger partial charge is 0.573 e. The Bertz CT molecular complexity index is 1240. The van der Waals surface area contributed by atoms with Crippen LogP contribution in [-0.4, -0.2) is 11.5 Å². The molecule has 0 unspecified atom stereocenters. The van der Waals surface area contributed by atoms with Gasteiger partial charge in [0, 0.05) is 11.1 Å². The number of nitrogens with zero attached hydrogens (tertiary/aromatic N) is 1. The highest BCUT2D eigenvalue weighted by Gasteiger charge is 2.31.